The minimum atomic E-state index is -1.04. The largest absolute Gasteiger partial charge is 0.507 e. The monoisotopic (exact) mass is 730 g/mol. The van der Waals surface area contributed by atoms with Crippen molar-refractivity contribution in [3.8, 4) is 33.9 Å². The number of phenolic OH excluding ortho intramolecular Hbond substituents is 1. The summed E-state index contributed by atoms with van der Waals surface area (Å²) in [6.45, 7) is 8.57. The topological polar surface area (TPSA) is 147 Å². The maximum absolute atomic E-state index is 13.8. The zero-order valence-electron chi connectivity index (χ0n) is 30.8. The number of nitrogens with zero attached hydrogens (tertiary/aromatic N) is 2. The Morgan fingerprint density at radius 2 is 1.42 bits per heavy atom. The van der Waals surface area contributed by atoms with E-state index in [0.29, 0.717) is 51.5 Å². The zero-order chi connectivity index (χ0) is 38.4. The lowest BCUT2D eigenvalue weighted by atomic mass is 9.90. The molecule has 0 atom stereocenters. The fourth-order valence-corrected chi connectivity index (χ4v) is 7.20. The van der Waals surface area contributed by atoms with E-state index in [1.807, 2.05) is 70.2 Å². The summed E-state index contributed by atoms with van der Waals surface area (Å²) in [5.41, 5.74) is 9.08. The fraction of sp³-hybridized carbons (Fsp3) is 0.156. The number of aromatic hydroxyl groups is 1. The Morgan fingerprint density at radius 3 is 2.09 bits per heavy atom. The van der Waals surface area contributed by atoms with E-state index in [2.05, 4.69) is 16.7 Å². The molecule has 4 aromatic carbocycles. The number of anilines is 2. The van der Waals surface area contributed by atoms with Gasteiger partial charge in [-0.25, -0.2) is 4.79 Å². The number of carbonyl (C=O) groups is 1. The van der Waals surface area contributed by atoms with Crippen molar-refractivity contribution in [1.82, 2.24) is 9.97 Å². The number of carboxylic acids is 1. The van der Waals surface area contributed by atoms with Gasteiger partial charge in [0.25, 0.3) is 0 Å². The molecule has 0 saturated carbocycles. The lowest BCUT2D eigenvalue weighted by Crippen LogP contribution is -2.15. The summed E-state index contributed by atoms with van der Waals surface area (Å²) >= 11 is 0. The first kappa shape index (κ1) is 35.1. The first-order chi connectivity index (χ1) is 26.6. The average Bonchev–Trinajstić information content (AvgIpc) is 3.16. The number of hydrogen-bond acceptors (Lipinski definition) is 9. The molecule has 0 amide bonds. The van der Waals surface area contributed by atoms with Crippen LogP contribution in [-0.4, -0.2) is 32.8 Å². The predicted octanol–water partition coefficient (Wildman–Crippen LogP) is 9.61. The third-order valence-corrected chi connectivity index (χ3v) is 9.82. The summed E-state index contributed by atoms with van der Waals surface area (Å²) in [5, 5.41) is 30.6. The zero-order valence-corrected chi connectivity index (χ0v) is 30.8. The number of hydrogen-bond donors (Lipinski definition) is 4. The molecule has 8 rings (SSSR count). The maximum Gasteiger partial charge on any atom is 0.335 e. The van der Waals surface area contributed by atoms with Crippen LogP contribution in [0, 0.1) is 20.8 Å². The van der Waals surface area contributed by atoms with Gasteiger partial charge in [-0.2, -0.15) is 0 Å². The van der Waals surface area contributed by atoms with Crippen molar-refractivity contribution in [3.63, 3.8) is 0 Å². The summed E-state index contributed by atoms with van der Waals surface area (Å²) in [6.07, 6.45) is 0. The summed E-state index contributed by atoms with van der Waals surface area (Å²) in [6, 6.07) is 29.1. The average molecular weight is 731 g/mol. The quantitative estimate of drug-likeness (QED) is 0.100. The van der Waals surface area contributed by atoms with E-state index in [4.69, 9.17) is 19.1 Å². The lowest BCUT2D eigenvalue weighted by molar-refractivity contribution is 0.0697. The van der Waals surface area contributed by atoms with E-state index in [0.717, 1.165) is 55.6 Å². The van der Waals surface area contributed by atoms with Gasteiger partial charge in [-0.15, -0.1) is 0 Å². The second kappa shape index (κ2) is 14.1. The van der Waals surface area contributed by atoms with Crippen LogP contribution in [0.4, 0.5) is 11.4 Å². The van der Waals surface area contributed by atoms with Crippen LogP contribution < -0.4 is 20.8 Å². The van der Waals surface area contributed by atoms with Crippen LogP contribution in [0.2, 0.25) is 0 Å². The number of rotatable bonds is 10. The molecule has 0 unspecified atom stereocenters. The van der Waals surface area contributed by atoms with Gasteiger partial charge in [-0.3, -0.25) is 14.8 Å². The van der Waals surface area contributed by atoms with Gasteiger partial charge in [0.05, 0.1) is 45.7 Å². The minimum absolute atomic E-state index is 0.00434. The SMILES string of the molecule is CCOc1cc(NCc2c(O)ccc3c(-c4ccc(C(=O)O)cc4)c4ccc(=O)c(CNc5cc(C)cc6ccc(C)nc56)c-4oc23)c2nc(C)ccc2c1. The van der Waals surface area contributed by atoms with Gasteiger partial charge >= 0.3 is 5.97 Å². The number of ether oxygens (including phenoxy) is 1. The van der Waals surface area contributed by atoms with Crippen molar-refractivity contribution in [1.29, 1.82) is 0 Å². The first-order valence-corrected chi connectivity index (χ1v) is 18.0. The molecule has 2 aromatic heterocycles. The Morgan fingerprint density at radius 1 is 0.764 bits per heavy atom. The van der Waals surface area contributed by atoms with Crippen LogP contribution in [0.15, 0.2) is 106 Å². The van der Waals surface area contributed by atoms with E-state index in [1.54, 1.807) is 42.5 Å². The van der Waals surface area contributed by atoms with Crippen LogP contribution in [0.5, 0.6) is 11.5 Å². The maximum atomic E-state index is 13.8. The van der Waals surface area contributed by atoms with Crippen LogP contribution in [0.1, 0.15) is 45.4 Å². The molecule has 0 spiro atoms. The molecule has 3 heterocycles. The van der Waals surface area contributed by atoms with E-state index >= 15 is 0 Å². The molecular weight excluding hydrogens is 693 g/mol. The van der Waals surface area contributed by atoms with Crippen molar-refractivity contribution in [3.05, 3.63) is 141 Å². The Balaban J connectivity index is 1.30. The van der Waals surface area contributed by atoms with Gasteiger partial charge in [-0.05, 0) is 106 Å². The molecule has 1 aliphatic carbocycles. The highest BCUT2D eigenvalue weighted by Gasteiger charge is 2.25. The predicted molar refractivity (Wildman–Crippen MR) is 217 cm³/mol. The minimum Gasteiger partial charge on any atom is -0.507 e. The van der Waals surface area contributed by atoms with Crippen LogP contribution in [-0.2, 0) is 13.1 Å². The summed E-state index contributed by atoms with van der Waals surface area (Å²) < 4.78 is 12.7. The van der Waals surface area contributed by atoms with Gasteiger partial charge < -0.3 is 30.0 Å². The highest BCUT2D eigenvalue weighted by molar-refractivity contribution is 6.04. The second-order valence-electron chi connectivity index (χ2n) is 13.7. The number of fused-ring (bicyclic) bond motifs is 4. The Kier molecular flexibility index (Phi) is 9.02. The molecule has 6 aromatic rings. The van der Waals surface area contributed by atoms with E-state index in [1.165, 1.54) is 6.07 Å². The van der Waals surface area contributed by atoms with E-state index < -0.39 is 5.97 Å². The summed E-state index contributed by atoms with van der Waals surface area (Å²) in [7, 11) is 0. The number of aryl methyl sites for hydroxylation is 3. The molecule has 0 fully saturated rings. The highest BCUT2D eigenvalue weighted by Crippen LogP contribution is 2.44. The third-order valence-electron chi connectivity index (χ3n) is 9.82. The first-order valence-electron chi connectivity index (χ1n) is 18.0. The second-order valence-corrected chi connectivity index (χ2v) is 13.7. The smallest absolute Gasteiger partial charge is 0.335 e. The molecule has 1 aliphatic heterocycles. The Hall–Kier alpha value is -6.94. The fourth-order valence-electron chi connectivity index (χ4n) is 7.20. The molecule has 4 N–H and O–H groups in total. The summed E-state index contributed by atoms with van der Waals surface area (Å²) in [5.74, 6) is -0.0139. The van der Waals surface area contributed by atoms with Crippen molar-refractivity contribution in [2.24, 2.45) is 0 Å². The number of aromatic nitrogens is 2. The molecule has 10 nitrogen and oxygen atoms in total. The summed E-state index contributed by atoms with van der Waals surface area (Å²) in [4.78, 5) is 35.1. The standard InChI is InChI=1S/C45H38N4O6/c1-5-54-31-20-30-9-7-26(4)49-42(30)37(21-31)47-23-35-39(51)17-15-33-40(27-10-12-28(13-11-27)45(52)53)32-14-16-38(50)34(43(32)55-44(33)35)22-46-36-19-24(2)18-29-8-6-25(3)48-41(29)36/h6-21,46-47,51H,5,22-23H2,1-4H3,(H,52,53). The molecule has 274 valence electrons. The van der Waals surface area contributed by atoms with E-state index in [9.17, 15) is 19.8 Å². The molecule has 10 heteroatoms. The lowest BCUT2D eigenvalue weighted by Gasteiger charge is -2.21. The Bertz CT molecular complexity index is 2830. The van der Waals surface area contributed by atoms with Crippen molar-refractivity contribution < 1.29 is 24.2 Å². The van der Waals surface area contributed by atoms with E-state index in [-0.39, 0.29) is 29.8 Å². The third kappa shape index (κ3) is 6.63. The van der Waals surface area contributed by atoms with Gasteiger partial charge in [-0.1, -0.05) is 24.3 Å². The molecule has 0 saturated heterocycles. The Labute approximate surface area is 316 Å². The number of pyridine rings is 2. The van der Waals surface area contributed by atoms with Crippen molar-refractivity contribution >= 4 is 50.1 Å². The van der Waals surface area contributed by atoms with Crippen molar-refractivity contribution in [2.45, 2.75) is 40.8 Å². The number of nitrogens with one attached hydrogen (secondary N) is 2. The van der Waals surface area contributed by atoms with Crippen LogP contribution >= 0.6 is 0 Å². The molecule has 2 aliphatic rings. The number of aromatic carboxylic acids is 1. The number of benzene rings is 5. The number of carboxylic acid groups (broad SMARTS) is 1. The highest BCUT2D eigenvalue weighted by atomic mass is 16.5. The van der Waals surface area contributed by atoms with Gasteiger partial charge in [0.2, 0.25) is 0 Å². The van der Waals surface area contributed by atoms with Gasteiger partial charge in [0.1, 0.15) is 22.8 Å². The van der Waals surface area contributed by atoms with Gasteiger partial charge in [0.15, 0.2) is 5.43 Å². The molecular formula is C45H38N4O6. The molecule has 0 bridgehead atoms. The van der Waals surface area contributed by atoms with Crippen LogP contribution in [0.25, 0.3) is 55.2 Å². The van der Waals surface area contributed by atoms with Gasteiger partial charge in [0, 0.05) is 57.8 Å². The molecule has 55 heavy (non-hydrogen) atoms. The van der Waals surface area contributed by atoms with Crippen molar-refractivity contribution in [2.75, 3.05) is 17.2 Å². The normalized spacial score (nSPS) is 11.4. The molecule has 0 radical (unpaired) electrons. The number of phenols is 1. The van der Waals surface area contributed by atoms with Crippen LogP contribution in [0.3, 0.4) is 0 Å².